The average molecular weight is 322 g/mol. The van der Waals surface area contributed by atoms with Crippen LogP contribution in [0.15, 0.2) is 23.0 Å². The lowest BCUT2D eigenvalue weighted by Gasteiger charge is -2.06. The molecule has 0 spiro atoms. The molecule has 3 aromatic rings. The van der Waals surface area contributed by atoms with E-state index in [1.54, 1.807) is 19.9 Å². The number of H-pyrrole nitrogens is 1. The van der Waals surface area contributed by atoms with E-state index in [-0.39, 0.29) is 17.9 Å². The second kappa shape index (κ2) is 5.42. The van der Waals surface area contributed by atoms with Crippen molar-refractivity contribution in [1.29, 1.82) is 0 Å². The molecule has 0 amide bonds. The smallest absolute Gasteiger partial charge is 0.277 e. The fraction of sp³-hybridized carbons (Fsp3) is 0.214. The minimum Gasteiger partial charge on any atom is -0.350 e. The molecule has 0 radical (unpaired) electrons. The van der Waals surface area contributed by atoms with Crippen LogP contribution in [0.1, 0.15) is 16.8 Å². The van der Waals surface area contributed by atoms with Gasteiger partial charge in [-0.3, -0.25) is 9.89 Å². The summed E-state index contributed by atoms with van der Waals surface area (Å²) in [6.07, 6.45) is 0. The van der Waals surface area contributed by atoms with Crippen LogP contribution >= 0.6 is 11.6 Å². The molecule has 6 nitrogen and oxygen atoms in total. The first-order valence-corrected chi connectivity index (χ1v) is 6.98. The fourth-order valence-corrected chi connectivity index (χ4v) is 2.29. The van der Waals surface area contributed by atoms with E-state index < -0.39 is 5.82 Å². The maximum absolute atomic E-state index is 13.7. The molecule has 0 unspecified atom stereocenters. The molecule has 0 fully saturated rings. The SMILES string of the molecule is Cc1nc2nc(NCc3c(F)cccc3Cl)[nH]n2c(=O)c1C. The average Bonchev–Trinajstić information content (AvgIpc) is 2.87. The van der Waals surface area contributed by atoms with Crippen LogP contribution in [0.5, 0.6) is 0 Å². The van der Waals surface area contributed by atoms with E-state index in [0.717, 1.165) is 0 Å². The number of halogens is 2. The molecule has 0 atom stereocenters. The van der Waals surface area contributed by atoms with Crippen molar-refractivity contribution in [2.24, 2.45) is 0 Å². The predicted molar refractivity (Wildman–Crippen MR) is 81.8 cm³/mol. The molecule has 114 valence electrons. The van der Waals surface area contributed by atoms with Crippen LogP contribution < -0.4 is 10.9 Å². The van der Waals surface area contributed by atoms with Gasteiger partial charge in [0.05, 0.1) is 0 Å². The first kappa shape index (κ1) is 14.5. The number of anilines is 1. The monoisotopic (exact) mass is 321 g/mol. The Hall–Kier alpha value is -2.41. The van der Waals surface area contributed by atoms with Gasteiger partial charge < -0.3 is 5.32 Å². The van der Waals surface area contributed by atoms with Gasteiger partial charge in [0, 0.05) is 28.4 Å². The summed E-state index contributed by atoms with van der Waals surface area (Å²) in [7, 11) is 0. The second-order valence-corrected chi connectivity index (χ2v) is 5.30. The molecule has 0 saturated heterocycles. The standard InChI is InChI=1S/C14H13ClFN5O/c1-7-8(2)18-14-19-13(20-21(14)12(7)22)17-6-9-10(15)4-3-5-11(9)16/h3-5H,6H2,1-2H3,(H2,17,18,19,20). The number of nitrogens with zero attached hydrogens (tertiary/aromatic N) is 3. The molecule has 0 aliphatic rings. The zero-order valence-corrected chi connectivity index (χ0v) is 12.7. The Kier molecular flexibility index (Phi) is 3.58. The highest BCUT2D eigenvalue weighted by molar-refractivity contribution is 6.31. The van der Waals surface area contributed by atoms with Crippen LogP contribution in [0.2, 0.25) is 5.02 Å². The van der Waals surface area contributed by atoms with E-state index in [9.17, 15) is 9.18 Å². The Morgan fingerprint density at radius 3 is 2.86 bits per heavy atom. The highest BCUT2D eigenvalue weighted by atomic mass is 35.5. The van der Waals surface area contributed by atoms with E-state index in [4.69, 9.17) is 11.6 Å². The predicted octanol–water partition coefficient (Wildman–Crippen LogP) is 2.44. The summed E-state index contributed by atoms with van der Waals surface area (Å²) < 4.78 is 14.9. The Morgan fingerprint density at radius 1 is 1.36 bits per heavy atom. The molecule has 2 heterocycles. The van der Waals surface area contributed by atoms with Gasteiger partial charge in [-0.15, -0.1) is 0 Å². The van der Waals surface area contributed by atoms with Crippen molar-refractivity contribution in [2.75, 3.05) is 5.32 Å². The van der Waals surface area contributed by atoms with E-state index in [2.05, 4.69) is 20.4 Å². The molecule has 0 saturated carbocycles. The number of hydrogen-bond acceptors (Lipinski definition) is 4. The van der Waals surface area contributed by atoms with Crippen LogP contribution in [0.3, 0.4) is 0 Å². The van der Waals surface area contributed by atoms with Crippen LogP contribution in [-0.4, -0.2) is 19.6 Å². The summed E-state index contributed by atoms with van der Waals surface area (Å²) in [5.74, 6) is 0.169. The van der Waals surface area contributed by atoms with Crippen LogP contribution in [0, 0.1) is 19.7 Å². The number of benzene rings is 1. The number of aromatic nitrogens is 4. The summed E-state index contributed by atoms with van der Waals surface area (Å²) in [5, 5.41) is 6.03. The molecule has 1 aromatic carbocycles. The van der Waals surface area contributed by atoms with Gasteiger partial charge in [-0.05, 0) is 26.0 Å². The Morgan fingerprint density at radius 2 is 2.14 bits per heavy atom. The third-order valence-electron chi connectivity index (χ3n) is 3.46. The summed E-state index contributed by atoms with van der Waals surface area (Å²) in [6, 6.07) is 4.48. The number of aromatic amines is 1. The Labute approximate surface area is 130 Å². The van der Waals surface area contributed by atoms with E-state index in [1.165, 1.54) is 16.6 Å². The quantitative estimate of drug-likeness (QED) is 0.777. The third-order valence-corrected chi connectivity index (χ3v) is 3.81. The molecule has 2 aromatic heterocycles. The van der Waals surface area contributed by atoms with Gasteiger partial charge in [0.2, 0.25) is 5.95 Å². The topological polar surface area (TPSA) is 75.1 Å². The van der Waals surface area contributed by atoms with Gasteiger partial charge >= 0.3 is 0 Å². The van der Waals surface area contributed by atoms with Crippen molar-refractivity contribution in [2.45, 2.75) is 20.4 Å². The fourth-order valence-electron chi connectivity index (χ4n) is 2.06. The molecule has 3 rings (SSSR count). The minimum absolute atomic E-state index is 0.137. The first-order chi connectivity index (χ1) is 10.5. The van der Waals surface area contributed by atoms with Gasteiger partial charge in [-0.2, -0.15) is 9.50 Å². The van der Waals surface area contributed by atoms with E-state index in [1.807, 2.05) is 0 Å². The van der Waals surface area contributed by atoms with E-state index in [0.29, 0.717) is 27.8 Å². The number of aryl methyl sites for hydroxylation is 1. The van der Waals surface area contributed by atoms with Gasteiger partial charge in [0.25, 0.3) is 11.3 Å². The highest BCUT2D eigenvalue weighted by Gasteiger charge is 2.11. The largest absolute Gasteiger partial charge is 0.350 e. The van der Waals surface area contributed by atoms with Crippen molar-refractivity contribution in [3.8, 4) is 0 Å². The second-order valence-electron chi connectivity index (χ2n) is 4.89. The molecular formula is C14H13ClFN5O. The van der Waals surface area contributed by atoms with Crippen molar-refractivity contribution in [3.63, 3.8) is 0 Å². The third kappa shape index (κ3) is 2.43. The maximum Gasteiger partial charge on any atom is 0.277 e. The molecule has 0 aliphatic heterocycles. The molecule has 0 bridgehead atoms. The summed E-state index contributed by atoms with van der Waals surface area (Å²) >= 11 is 5.96. The van der Waals surface area contributed by atoms with Crippen molar-refractivity contribution in [1.82, 2.24) is 19.6 Å². The molecule has 0 aliphatic carbocycles. The summed E-state index contributed by atoms with van der Waals surface area (Å²) in [4.78, 5) is 20.5. The lowest BCUT2D eigenvalue weighted by atomic mass is 10.2. The first-order valence-electron chi connectivity index (χ1n) is 6.60. The maximum atomic E-state index is 13.7. The van der Waals surface area contributed by atoms with Crippen molar-refractivity contribution in [3.05, 3.63) is 56.2 Å². The molecule has 22 heavy (non-hydrogen) atoms. The minimum atomic E-state index is -0.405. The zero-order chi connectivity index (χ0) is 15.9. The Bertz CT molecular complexity index is 897. The zero-order valence-electron chi connectivity index (χ0n) is 11.9. The number of nitrogens with one attached hydrogen (secondary N) is 2. The van der Waals surface area contributed by atoms with Crippen LogP contribution in [0.25, 0.3) is 5.78 Å². The summed E-state index contributed by atoms with van der Waals surface area (Å²) in [6.45, 7) is 3.58. The molecule has 8 heteroatoms. The van der Waals surface area contributed by atoms with Gasteiger partial charge in [-0.25, -0.2) is 9.37 Å². The van der Waals surface area contributed by atoms with Gasteiger partial charge in [0.1, 0.15) is 5.82 Å². The number of rotatable bonds is 3. The lowest BCUT2D eigenvalue weighted by Crippen LogP contribution is -2.19. The number of fused-ring (bicyclic) bond motifs is 1. The van der Waals surface area contributed by atoms with E-state index >= 15 is 0 Å². The van der Waals surface area contributed by atoms with Gasteiger partial charge in [0.15, 0.2) is 0 Å². The lowest BCUT2D eigenvalue weighted by molar-refractivity contribution is 0.613. The summed E-state index contributed by atoms with van der Waals surface area (Å²) in [5.41, 5.74) is 1.29. The van der Waals surface area contributed by atoms with Crippen LogP contribution in [-0.2, 0) is 6.54 Å². The number of hydrogen-bond donors (Lipinski definition) is 2. The van der Waals surface area contributed by atoms with Crippen molar-refractivity contribution >= 4 is 23.3 Å². The molecule has 2 N–H and O–H groups in total. The highest BCUT2D eigenvalue weighted by Crippen LogP contribution is 2.19. The van der Waals surface area contributed by atoms with Crippen LogP contribution in [0.4, 0.5) is 10.3 Å². The van der Waals surface area contributed by atoms with Crippen molar-refractivity contribution < 1.29 is 4.39 Å². The normalized spacial score (nSPS) is 11.1. The Balaban J connectivity index is 1.92. The molecular weight excluding hydrogens is 309 g/mol. The van der Waals surface area contributed by atoms with Gasteiger partial charge in [-0.1, -0.05) is 17.7 Å².